The highest BCUT2D eigenvalue weighted by atomic mass is 32.2. The van der Waals surface area contributed by atoms with Gasteiger partial charge in [0.2, 0.25) is 0 Å². The third-order valence-electron chi connectivity index (χ3n) is 3.20. The van der Waals surface area contributed by atoms with Crippen LogP contribution in [0.5, 0.6) is 0 Å². The molecule has 1 aromatic rings. The van der Waals surface area contributed by atoms with E-state index in [4.69, 9.17) is 0 Å². The predicted octanol–water partition coefficient (Wildman–Crippen LogP) is 1.05. The van der Waals surface area contributed by atoms with Crippen LogP contribution in [0.15, 0.2) is 6.20 Å². The Morgan fingerprint density at radius 3 is 2.94 bits per heavy atom. The normalized spacial score (nSPS) is 21.6. The largest absolute Gasteiger partial charge is 0.347 e. The molecular formula is C11H19N3O2S2. The van der Waals surface area contributed by atoms with Gasteiger partial charge >= 0.3 is 0 Å². The molecule has 1 fully saturated rings. The van der Waals surface area contributed by atoms with Gasteiger partial charge in [0.1, 0.15) is 0 Å². The summed E-state index contributed by atoms with van der Waals surface area (Å²) in [4.78, 5) is 7.67. The lowest BCUT2D eigenvalue weighted by molar-refractivity contribution is 0.597. The number of rotatable bonds is 3. The predicted molar refractivity (Wildman–Crippen MR) is 75.1 cm³/mol. The van der Waals surface area contributed by atoms with Gasteiger partial charge in [0, 0.05) is 30.2 Å². The van der Waals surface area contributed by atoms with E-state index in [1.165, 1.54) is 4.88 Å². The molecule has 7 heteroatoms. The number of nitrogens with zero attached hydrogens (tertiary/aromatic N) is 2. The fourth-order valence-corrected chi connectivity index (χ4v) is 4.19. The summed E-state index contributed by atoms with van der Waals surface area (Å²) >= 11 is 1.64. The van der Waals surface area contributed by atoms with Gasteiger partial charge < -0.3 is 10.2 Å². The summed E-state index contributed by atoms with van der Waals surface area (Å²) in [5.74, 6) is 0.540. The Morgan fingerprint density at radius 1 is 1.44 bits per heavy atom. The van der Waals surface area contributed by atoms with Crippen molar-refractivity contribution < 1.29 is 8.42 Å². The third-order valence-corrected chi connectivity index (χ3v) is 6.15. The Labute approximate surface area is 112 Å². The molecule has 1 aromatic heterocycles. The average molecular weight is 289 g/mol. The van der Waals surface area contributed by atoms with Crippen LogP contribution in [-0.2, 0) is 9.84 Å². The number of nitrogens with one attached hydrogen (secondary N) is 1. The minimum absolute atomic E-state index is 0.240. The highest BCUT2D eigenvalue weighted by Gasteiger charge is 2.21. The molecule has 0 saturated carbocycles. The smallest absolute Gasteiger partial charge is 0.185 e. The van der Waals surface area contributed by atoms with E-state index in [0.717, 1.165) is 11.7 Å². The summed E-state index contributed by atoms with van der Waals surface area (Å²) in [7, 11) is -0.932. The molecule has 1 aliphatic heterocycles. The summed E-state index contributed by atoms with van der Waals surface area (Å²) < 4.78 is 23.1. The van der Waals surface area contributed by atoms with Crippen LogP contribution in [0.3, 0.4) is 0 Å². The average Bonchev–Trinajstić information content (AvgIpc) is 2.74. The zero-order valence-electron chi connectivity index (χ0n) is 10.7. The number of anilines is 1. The highest BCUT2D eigenvalue weighted by Crippen LogP contribution is 2.27. The molecule has 0 aliphatic carbocycles. The minimum Gasteiger partial charge on any atom is -0.347 e. The van der Waals surface area contributed by atoms with Crippen LogP contribution in [0.4, 0.5) is 5.13 Å². The van der Waals surface area contributed by atoms with Gasteiger partial charge in [-0.05, 0) is 20.4 Å². The molecular weight excluding hydrogens is 270 g/mol. The first kappa shape index (κ1) is 13.8. The molecule has 1 aliphatic rings. The molecule has 2 rings (SSSR count). The summed E-state index contributed by atoms with van der Waals surface area (Å²) in [6.07, 6.45) is 2.57. The Bertz CT molecular complexity index is 498. The van der Waals surface area contributed by atoms with Crippen LogP contribution in [0.1, 0.15) is 24.3 Å². The van der Waals surface area contributed by atoms with Crippen molar-refractivity contribution in [1.29, 1.82) is 0 Å². The van der Waals surface area contributed by atoms with Crippen LogP contribution < -0.4 is 10.2 Å². The SMILES string of the molecule is CNC(C)c1cnc(N2CCCS(=O)(=O)CC2)s1. The molecule has 0 amide bonds. The van der Waals surface area contributed by atoms with Crippen LogP contribution in [0.2, 0.25) is 0 Å². The van der Waals surface area contributed by atoms with Crippen molar-refractivity contribution in [2.75, 3.05) is 36.5 Å². The summed E-state index contributed by atoms with van der Waals surface area (Å²) in [6.45, 7) is 3.42. The second-order valence-corrected chi connectivity index (χ2v) is 7.89. The first-order valence-electron chi connectivity index (χ1n) is 6.10. The molecule has 0 bridgehead atoms. The molecule has 18 heavy (non-hydrogen) atoms. The fraction of sp³-hybridized carbons (Fsp3) is 0.727. The molecule has 0 spiro atoms. The molecule has 1 atom stereocenters. The number of thiazole rings is 1. The number of sulfone groups is 1. The minimum atomic E-state index is -2.85. The second-order valence-electron chi connectivity index (χ2n) is 4.55. The summed E-state index contributed by atoms with van der Waals surface area (Å²) in [6, 6.07) is 0.284. The summed E-state index contributed by atoms with van der Waals surface area (Å²) in [5.41, 5.74) is 0. The number of aromatic nitrogens is 1. The van der Waals surface area contributed by atoms with Crippen LogP contribution in [0, 0.1) is 0 Å². The van der Waals surface area contributed by atoms with E-state index in [0.29, 0.717) is 18.7 Å². The quantitative estimate of drug-likeness (QED) is 0.901. The molecule has 0 aromatic carbocycles. The number of hydrogen-bond acceptors (Lipinski definition) is 6. The van der Waals surface area contributed by atoms with Crippen LogP contribution in [-0.4, -0.2) is 45.0 Å². The van der Waals surface area contributed by atoms with E-state index in [1.807, 2.05) is 13.2 Å². The van der Waals surface area contributed by atoms with E-state index in [1.54, 1.807) is 11.3 Å². The van der Waals surface area contributed by atoms with Gasteiger partial charge in [-0.2, -0.15) is 0 Å². The third kappa shape index (κ3) is 3.21. The standard InChI is InChI=1S/C11H19N3O2S2/c1-9(12-2)10-8-13-11(17-10)14-4-3-6-18(15,16)7-5-14/h8-9,12H,3-7H2,1-2H3. The summed E-state index contributed by atoms with van der Waals surface area (Å²) in [5, 5.41) is 4.11. The van der Waals surface area contributed by atoms with Crippen molar-refractivity contribution in [3.05, 3.63) is 11.1 Å². The van der Waals surface area contributed by atoms with E-state index in [9.17, 15) is 8.42 Å². The Kier molecular flexibility index (Phi) is 4.24. The van der Waals surface area contributed by atoms with Crippen LogP contribution >= 0.6 is 11.3 Å². The zero-order valence-corrected chi connectivity index (χ0v) is 12.4. The maximum Gasteiger partial charge on any atom is 0.185 e. The lowest BCUT2D eigenvalue weighted by atomic mass is 10.3. The Hall–Kier alpha value is -0.660. The monoisotopic (exact) mass is 289 g/mol. The van der Waals surface area contributed by atoms with Crippen LogP contribution in [0.25, 0.3) is 0 Å². The van der Waals surface area contributed by atoms with Gasteiger partial charge in [-0.15, -0.1) is 11.3 Å². The van der Waals surface area contributed by atoms with Gasteiger partial charge in [-0.25, -0.2) is 13.4 Å². The molecule has 5 nitrogen and oxygen atoms in total. The van der Waals surface area contributed by atoms with Crippen molar-refractivity contribution >= 4 is 26.3 Å². The molecule has 102 valence electrons. The molecule has 2 heterocycles. The number of hydrogen-bond donors (Lipinski definition) is 1. The highest BCUT2D eigenvalue weighted by molar-refractivity contribution is 7.91. The van der Waals surface area contributed by atoms with Crippen molar-refractivity contribution in [3.8, 4) is 0 Å². The van der Waals surface area contributed by atoms with Gasteiger partial charge in [-0.1, -0.05) is 0 Å². The first-order chi connectivity index (χ1) is 8.52. The maximum atomic E-state index is 11.6. The van der Waals surface area contributed by atoms with Gasteiger partial charge in [0.05, 0.1) is 11.5 Å². The molecule has 0 radical (unpaired) electrons. The Morgan fingerprint density at radius 2 is 2.22 bits per heavy atom. The molecule has 1 unspecified atom stereocenters. The van der Waals surface area contributed by atoms with Crippen molar-refractivity contribution in [2.45, 2.75) is 19.4 Å². The topological polar surface area (TPSA) is 62.3 Å². The Balaban J connectivity index is 2.09. The van der Waals surface area contributed by atoms with Gasteiger partial charge in [-0.3, -0.25) is 0 Å². The maximum absolute atomic E-state index is 11.6. The zero-order chi connectivity index (χ0) is 13.2. The van der Waals surface area contributed by atoms with E-state index >= 15 is 0 Å². The molecule has 1 N–H and O–H groups in total. The van der Waals surface area contributed by atoms with Crippen molar-refractivity contribution in [3.63, 3.8) is 0 Å². The first-order valence-corrected chi connectivity index (χ1v) is 8.74. The fourth-order valence-electron chi connectivity index (χ4n) is 1.90. The second kappa shape index (κ2) is 5.54. The lowest BCUT2D eigenvalue weighted by Gasteiger charge is -2.18. The van der Waals surface area contributed by atoms with Gasteiger partial charge in [0.25, 0.3) is 0 Å². The van der Waals surface area contributed by atoms with E-state index < -0.39 is 9.84 Å². The van der Waals surface area contributed by atoms with E-state index in [2.05, 4.69) is 22.1 Å². The van der Waals surface area contributed by atoms with Gasteiger partial charge in [0.15, 0.2) is 15.0 Å². The molecule has 1 saturated heterocycles. The lowest BCUT2D eigenvalue weighted by Crippen LogP contribution is -2.26. The van der Waals surface area contributed by atoms with Crippen molar-refractivity contribution in [2.24, 2.45) is 0 Å². The van der Waals surface area contributed by atoms with Crippen molar-refractivity contribution in [1.82, 2.24) is 10.3 Å². The van der Waals surface area contributed by atoms with E-state index in [-0.39, 0.29) is 11.8 Å².